The van der Waals surface area contributed by atoms with E-state index in [1.807, 2.05) is 48.8 Å². The molecule has 0 radical (unpaired) electrons. The predicted molar refractivity (Wildman–Crippen MR) is 94.8 cm³/mol. The molecule has 1 aliphatic heterocycles. The van der Waals surface area contributed by atoms with Crippen molar-refractivity contribution in [2.24, 2.45) is 0 Å². The summed E-state index contributed by atoms with van der Waals surface area (Å²) in [4.78, 5) is 2.17. The summed E-state index contributed by atoms with van der Waals surface area (Å²) in [5.41, 5.74) is 2.49. The summed E-state index contributed by atoms with van der Waals surface area (Å²) >= 11 is 0. The molecular formula is C20H19FN2O2. The average molecular weight is 338 g/mol. The number of benzene rings is 2. The molecule has 4 nitrogen and oxygen atoms in total. The van der Waals surface area contributed by atoms with Gasteiger partial charge in [0.25, 0.3) is 0 Å². The van der Waals surface area contributed by atoms with Crippen LogP contribution in [0, 0.1) is 5.82 Å². The largest absolute Gasteiger partial charge is 0.495 e. The Balaban J connectivity index is 1.67. The van der Waals surface area contributed by atoms with Gasteiger partial charge in [0.15, 0.2) is 6.23 Å². The molecular weight excluding hydrogens is 319 g/mol. The van der Waals surface area contributed by atoms with E-state index in [2.05, 4.69) is 4.90 Å². The van der Waals surface area contributed by atoms with E-state index < -0.39 is 0 Å². The Bertz CT molecular complexity index is 877. The number of ether oxygens (including phenoxy) is 2. The maximum Gasteiger partial charge on any atom is 0.158 e. The molecule has 5 heteroatoms. The summed E-state index contributed by atoms with van der Waals surface area (Å²) in [5.74, 6) is 0.560. The Morgan fingerprint density at radius 1 is 1.04 bits per heavy atom. The first-order valence-electron chi connectivity index (χ1n) is 8.22. The van der Waals surface area contributed by atoms with E-state index in [0.717, 1.165) is 23.5 Å². The molecule has 0 bridgehead atoms. The molecule has 128 valence electrons. The second kappa shape index (κ2) is 6.61. The Kier molecular flexibility index (Phi) is 4.15. The highest BCUT2D eigenvalue weighted by molar-refractivity contribution is 5.60. The van der Waals surface area contributed by atoms with E-state index in [4.69, 9.17) is 9.47 Å². The summed E-state index contributed by atoms with van der Waals surface area (Å²) in [6.07, 6.45) is 3.55. The zero-order chi connectivity index (χ0) is 17.2. The number of halogens is 1. The number of anilines is 1. The fourth-order valence-corrected chi connectivity index (χ4v) is 3.23. The van der Waals surface area contributed by atoms with Crippen LogP contribution in [-0.2, 0) is 4.74 Å². The van der Waals surface area contributed by atoms with Crippen molar-refractivity contribution in [1.29, 1.82) is 0 Å². The second-order valence-electron chi connectivity index (χ2n) is 5.89. The highest BCUT2D eigenvalue weighted by atomic mass is 19.1. The van der Waals surface area contributed by atoms with E-state index in [-0.39, 0.29) is 12.0 Å². The lowest BCUT2D eigenvalue weighted by Crippen LogP contribution is -2.23. The van der Waals surface area contributed by atoms with Gasteiger partial charge in [-0.3, -0.25) is 0 Å². The number of hydrogen-bond acceptors (Lipinski definition) is 3. The van der Waals surface area contributed by atoms with Crippen LogP contribution in [0.15, 0.2) is 67.0 Å². The van der Waals surface area contributed by atoms with Gasteiger partial charge in [0, 0.05) is 24.5 Å². The van der Waals surface area contributed by atoms with Crippen LogP contribution >= 0.6 is 0 Å². The summed E-state index contributed by atoms with van der Waals surface area (Å²) in [5, 5.41) is 0. The molecule has 25 heavy (non-hydrogen) atoms. The summed E-state index contributed by atoms with van der Waals surface area (Å²) in [7, 11) is 1.67. The molecule has 0 amide bonds. The highest BCUT2D eigenvalue weighted by Gasteiger charge is 2.29. The van der Waals surface area contributed by atoms with E-state index in [1.54, 1.807) is 23.8 Å². The van der Waals surface area contributed by atoms with Crippen LogP contribution in [0.4, 0.5) is 10.1 Å². The Morgan fingerprint density at radius 2 is 1.80 bits per heavy atom. The lowest BCUT2D eigenvalue weighted by Gasteiger charge is -2.26. The molecule has 1 saturated heterocycles. The topological polar surface area (TPSA) is 26.6 Å². The number of aromatic nitrogens is 1. The van der Waals surface area contributed by atoms with Gasteiger partial charge < -0.3 is 18.9 Å². The van der Waals surface area contributed by atoms with Crippen LogP contribution in [0.3, 0.4) is 0 Å². The van der Waals surface area contributed by atoms with Crippen LogP contribution in [0.1, 0.15) is 11.8 Å². The van der Waals surface area contributed by atoms with Crippen molar-refractivity contribution in [1.82, 2.24) is 4.57 Å². The van der Waals surface area contributed by atoms with Crippen molar-refractivity contribution in [3.8, 4) is 11.4 Å². The summed E-state index contributed by atoms with van der Waals surface area (Å²) < 4.78 is 27.2. The van der Waals surface area contributed by atoms with Crippen molar-refractivity contribution >= 4 is 5.69 Å². The fourth-order valence-electron chi connectivity index (χ4n) is 3.23. The Hall–Kier alpha value is -2.79. The quantitative estimate of drug-likeness (QED) is 0.715. The smallest absolute Gasteiger partial charge is 0.158 e. The molecule has 4 rings (SSSR count). The molecule has 3 aromatic rings. The minimum absolute atomic E-state index is 0.218. The van der Waals surface area contributed by atoms with Gasteiger partial charge in [0.1, 0.15) is 11.6 Å². The third-order valence-electron chi connectivity index (χ3n) is 4.42. The number of rotatable bonds is 4. The molecule has 0 saturated carbocycles. The first-order valence-corrected chi connectivity index (χ1v) is 8.22. The molecule has 1 fully saturated rings. The molecule has 0 aliphatic carbocycles. The Labute approximate surface area is 146 Å². The van der Waals surface area contributed by atoms with Crippen LogP contribution in [0.5, 0.6) is 5.75 Å². The number of nitrogens with zero attached hydrogens (tertiary/aromatic N) is 2. The standard InChI is InChI=1S/C20H19FN2O2/c1-24-19-9-5-4-8-18(19)23-12-13-25-20(23)15-10-11-22(14-15)17-7-3-2-6-16(17)21/h2-11,14,20H,12-13H2,1H3. The van der Waals surface area contributed by atoms with Crippen molar-refractivity contribution in [2.75, 3.05) is 25.2 Å². The zero-order valence-electron chi connectivity index (χ0n) is 13.9. The minimum Gasteiger partial charge on any atom is -0.495 e. The molecule has 2 aromatic carbocycles. The van der Waals surface area contributed by atoms with Gasteiger partial charge in [0.05, 0.1) is 25.1 Å². The van der Waals surface area contributed by atoms with Crippen molar-refractivity contribution < 1.29 is 13.9 Å². The van der Waals surface area contributed by atoms with Crippen LogP contribution in [0.2, 0.25) is 0 Å². The molecule has 1 aromatic heterocycles. The van der Waals surface area contributed by atoms with Gasteiger partial charge in [-0.25, -0.2) is 4.39 Å². The van der Waals surface area contributed by atoms with Crippen LogP contribution in [-0.4, -0.2) is 24.8 Å². The first-order chi connectivity index (χ1) is 12.3. The molecule has 1 aliphatic rings. The summed E-state index contributed by atoms with van der Waals surface area (Å²) in [6, 6.07) is 16.6. The first kappa shape index (κ1) is 15.7. The average Bonchev–Trinajstić information content (AvgIpc) is 3.31. The molecule has 1 atom stereocenters. The second-order valence-corrected chi connectivity index (χ2v) is 5.89. The minimum atomic E-state index is -0.251. The zero-order valence-corrected chi connectivity index (χ0v) is 13.9. The number of methoxy groups -OCH3 is 1. The van der Waals surface area contributed by atoms with Gasteiger partial charge >= 0.3 is 0 Å². The molecule has 0 spiro atoms. The third kappa shape index (κ3) is 2.87. The van der Waals surface area contributed by atoms with E-state index >= 15 is 0 Å². The van der Waals surface area contributed by atoms with E-state index in [0.29, 0.717) is 12.3 Å². The van der Waals surface area contributed by atoms with Crippen LogP contribution in [0.25, 0.3) is 5.69 Å². The molecule has 0 N–H and O–H groups in total. The Morgan fingerprint density at radius 3 is 2.60 bits per heavy atom. The van der Waals surface area contributed by atoms with Gasteiger partial charge in [-0.15, -0.1) is 0 Å². The lowest BCUT2D eigenvalue weighted by atomic mass is 10.2. The van der Waals surface area contributed by atoms with Gasteiger partial charge in [-0.05, 0) is 30.3 Å². The monoisotopic (exact) mass is 338 g/mol. The maximum absolute atomic E-state index is 14.0. The SMILES string of the molecule is COc1ccccc1N1CCOC1c1ccn(-c2ccccc2F)c1. The van der Waals surface area contributed by atoms with Gasteiger partial charge in [-0.1, -0.05) is 24.3 Å². The van der Waals surface area contributed by atoms with E-state index in [9.17, 15) is 4.39 Å². The predicted octanol–water partition coefficient (Wildman–Crippen LogP) is 4.16. The number of hydrogen-bond donors (Lipinski definition) is 0. The summed E-state index contributed by atoms with van der Waals surface area (Å²) in [6.45, 7) is 1.41. The fraction of sp³-hybridized carbons (Fsp3) is 0.200. The lowest BCUT2D eigenvalue weighted by molar-refractivity contribution is 0.113. The van der Waals surface area contributed by atoms with Crippen molar-refractivity contribution in [3.63, 3.8) is 0 Å². The molecule has 1 unspecified atom stereocenters. The normalized spacial score (nSPS) is 17.0. The molecule has 2 heterocycles. The third-order valence-corrected chi connectivity index (χ3v) is 4.42. The highest BCUT2D eigenvalue weighted by Crippen LogP contribution is 2.37. The van der Waals surface area contributed by atoms with Gasteiger partial charge in [-0.2, -0.15) is 0 Å². The van der Waals surface area contributed by atoms with E-state index in [1.165, 1.54) is 6.07 Å². The maximum atomic E-state index is 14.0. The number of para-hydroxylation sites is 3. The van der Waals surface area contributed by atoms with Gasteiger partial charge in [0.2, 0.25) is 0 Å². The van der Waals surface area contributed by atoms with Crippen molar-refractivity contribution in [3.05, 3.63) is 78.4 Å². The van der Waals surface area contributed by atoms with Crippen molar-refractivity contribution in [2.45, 2.75) is 6.23 Å². The van der Waals surface area contributed by atoms with Crippen LogP contribution < -0.4 is 9.64 Å².